The van der Waals surface area contributed by atoms with E-state index in [1.807, 2.05) is 0 Å². The van der Waals surface area contributed by atoms with Crippen LogP contribution in [0.15, 0.2) is 12.1 Å². The highest BCUT2D eigenvalue weighted by Gasteiger charge is 2.66. The zero-order valence-electron chi connectivity index (χ0n) is 13.6. The molecule has 0 radical (unpaired) electrons. The lowest BCUT2D eigenvalue weighted by Gasteiger charge is -2.32. The van der Waals surface area contributed by atoms with E-state index in [4.69, 9.17) is 9.47 Å². The van der Waals surface area contributed by atoms with Crippen molar-refractivity contribution in [3.8, 4) is 5.75 Å². The van der Waals surface area contributed by atoms with Crippen molar-refractivity contribution in [3.63, 3.8) is 0 Å². The van der Waals surface area contributed by atoms with Crippen LogP contribution in [0.3, 0.4) is 0 Å². The van der Waals surface area contributed by atoms with E-state index in [9.17, 15) is 27.5 Å². The molecule has 8 heteroatoms. The van der Waals surface area contributed by atoms with Gasteiger partial charge >= 0.3 is 12.1 Å². The van der Waals surface area contributed by atoms with Gasteiger partial charge < -0.3 is 14.6 Å². The number of alkyl halides is 3. The summed E-state index contributed by atoms with van der Waals surface area (Å²) in [6.45, 7) is 3.52. The molecule has 1 aliphatic rings. The van der Waals surface area contributed by atoms with Gasteiger partial charge in [-0.15, -0.1) is 0 Å². The number of benzene rings is 1. The van der Waals surface area contributed by atoms with Crippen molar-refractivity contribution in [1.82, 2.24) is 0 Å². The summed E-state index contributed by atoms with van der Waals surface area (Å²) in [4.78, 5) is 11.5. The molecule has 0 unspecified atom stereocenters. The SMILES string of the molecule is COc1c([C@H]2[C@H](C(=O)O)O[C@@](C)(C(F)(F)F)[C@H]2C)ccc(F)c1C. The van der Waals surface area contributed by atoms with Gasteiger partial charge in [0, 0.05) is 23.0 Å². The number of methoxy groups -OCH3 is 1. The lowest BCUT2D eigenvalue weighted by molar-refractivity contribution is -0.273. The van der Waals surface area contributed by atoms with Crippen molar-refractivity contribution in [2.45, 2.75) is 44.6 Å². The van der Waals surface area contributed by atoms with Gasteiger partial charge in [0.1, 0.15) is 11.6 Å². The molecule has 1 aromatic rings. The van der Waals surface area contributed by atoms with Crippen molar-refractivity contribution in [2.75, 3.05) is 7.11 Å². The van der Waals surface area contributed by atoms with Gasteiger partial charge in [-0.2, -0.15) is 13.2 Å². The number of ether oxygens (including phenoxy) is 2. The Bertz CT molecular complexity index is 658. The number of aliphatic carboxylic acids is 1. The van der Waals surface area contributed by atoms with Gasteiger partial charge in [0.15, 0.2) is 11.7 Å². The van der Waals surface area contributed by atoms with Crippen molar-refractivity contribution >= 4 is 5.97 Å². The molecule has 1 N–H and O–H groups in total. The maximum Gasteiger partial charge on any atom is 0.417 e. The van der Waals surface area contributed by atoms with E-state index in [-0.39, 0.29) is 16.9 Å². The molecule has 1 aromatic carbocycles. The molecule has 1 saturated heterocycles. The zero-order chi connectivity index (χ0) is 18.4. The maximum absolute atomic E-state index is 13.7. The van der Waals surface area contributed by atoms with Crippen LogP contribution in [-0.4, -0.2) is 36.1 Å². The molecule has 0 aromatic heterocycles. The fraction of sp³-hybridized carbons (Fsp3) is 0.562. The Hall–Kier alpha value is -1.83. The molecule has 4 nitrogen and oxygen atoms in total. The molecule has 0 spiro atoms. The van der Waals surface area contributed by atoms with Crippen molar-refractivity contribution < 1.29 is 36.9 Å². The molecule has 24 heavy (non-hydrogen) atoms. The monoisotopic (exact) mass is 350 g/mol. The predicted molar refractivity (Wildman–Crippen MR) is 76.6 cm³/mol. The highest BCUT2D eigenvalue weighted by molar-refractivity contribution is 5.75. The van der Waals surface area contributed by atoms with Gasteiger partial charge in [0.2, 0.25) is 0 Å². The predicted octanol–water partition coefficient (Wildman–Crippen LogP) is 3.67. The van der Waals surface area contributed by atoms with Crippen molar-refractivity contribution in [3.05, 3.63) is 29.1 Å². The molecule has 1 fully saturated rings. The van der Waals surface area contributed by atoms with E-state index in [1.165, 1.54) is 27.0 Å². The normalized spacial score (nSPS) is 30.4. The molecule has 0 saturated carbocycles. The molecule has 2 rings (SSSR count). The molecule has 0 bridgehead atoms. The van der Waals surface area contributed by atoms with Crippen LogP contribution in [0.4, 0.5) is 17.6 Å². The summed E-state index contributed by atoms with van der Waals surface area (Å²) in [7, 11) is 1.25. The average Bonchev–Trinajstić information content (AvgIpc) is 2.75. The first-order valence-corrected chi connectivity index (χ1v) is 7.26. The summed E-state index contributed by atoms with van der Waals surface area (Å²) in [5.74, 6) is -4.41. The molecular weight excluding hydrogens is 332 g/mol. The smallest absolute Gasteiger partial charge is 0.417 e. The van der Waals surface area contributed by atoms with E-state index in [0.717, 1.165) is 13.0 Å². The van der Waals surface area contributed by atoms with Crippen LogP contribution < -0.4 is 4.74 Å². The van der Waals surface area contributed by atoms with Crippen LogP contribution in [0.2, 0.25) is 0 Å². The number of carbonyl (C=O) groups is 1. The van der Waals surface area contributed by atoms with Crippen LogP contribution in [0.25, 0.3) is 0 Å². The molecule has 0 amide bonds. The van der Waals surface area contributed by atoms with Gasteiger partial charge in [-0.3, -0.25) is 0 Å². The first-order valence-electron chi connectivity index (χ1n) is 7.26. The van der Waals surface area contributed by atoms with E-state index in [2.05, 4.69) is 0 Å². The Morgan fingerprint density at radius 3 is 2.42 bits per heavy atom. The average molecular weight is 350 g/mol. The van der Waals surface area contributed by atoms with E-state index < -0.39 is 41.5 Å². The minimum atomic E-state index is -4.75. The summed E-state index contributed by atoms with van der Waals surface area (Å²) >= 11 is 0. The number of halogens is 4. The fourth-order valence-corrected chi connectivity index (χ4v) is 3.23. The Kier molecular flexibility index (Phi) is 4.56. The van der Waals surface area contributed by atoms with Gasteiger partial charge in [-0.25, -0.2) is 9.18 Å². The lowest BCUT2D eigenvalue weighted by atomic mass is 9.76. The summed E-state index contributed by atoms with van der Waals surface area (Å²) in [6.07, 6.45) is -6.47. The second-order valence-corrected chi connectivity index (χ2v) is 6.09. The van der Waals surface area contributed by atoms with Crippen molar-refractivity contribution in [2.24, 2.45) is 5.92 Å². The first kappa shape index (κ1) is 18.5. The molecular formula is C16H18F4O4. The Morgan fingerprint density at radius 2 is 1.96 bits per heavy atom. The highest BCUT2D eigenvalue weighted by Crippen LogP contribution is 2.54. The number of hydrogen-bond acceptors (Lipinski definition) is 3. The maximum atomic E-state index is 13.7. The third-order valence-electron chi connectivity index (χ3n) is 4.85. The van der Waals surface area contributed by atoms with E-state index >= 15 is 0 Å². The number of hydrogen-bond donors (Lipinski definition) is 1. The Morgan fingerprint density at radius 1 is 1.38 bits per heavy atom. The molecule has 1 heterocycles. The third-order valence-corrected chi connectivity index (χ3v) is 4.85. The quantitative estimate of drug-likeness (QED) is 0.845. The second-order valence-electron chi connectivity index (χ2n) is 6.09. The molecule has 1 aliphatic heterocycles. The summed E-state index contributed by atoms with van der Waals surface area (Å²) in [5, 5.41) is 9.34. The van der Waals surface area contributed by atoms with Gasteiger partial charge in [-0.05, 0) is 19.9 Å². The van der Waals surface area contributed by atoms with Crippen LogP contribution in [0.5, 0.6) is 5.75 Å². The van der Waals surface area contributed by atoms with Crippen LogP contribution in [-0.2, 0) is 9.53 Å². The first-order chi connectivity index (χ1) is 11.0. The van der Waals surface area contributed by atoms with Crippen LogP contribution in [0, 0.1) is 18.7 Å². The molecule has 134 valence electrons. The summed E-state index contributed by atoms with van der Waals surface area (Å²) < 4.78 is 64.1. The number of carboxylic acid groups (broad SMARTS) is 1. The number of rotatable bonds is 3. The van der Waals surface area contributed by atoms with E-state index in [1.54, 1.807) is 0 Å². The molecule has 4 atom stereocenters. The standard InChI is InChI=1S/C16H18F4O4/c1-7-10(17)6-5-9(12(7)23-4)11-8(2)15(3,16(18,19)20)24-13(11)14(21)22/h5-6,8,11,13H,1-4H3,(H,21,22)/t8-,11-,13+,15+/m0/s1. The third kappa shape index (κ3) is 2.62. The molecule has 0 aliphatic carbocycles. The van der Waals surface area contributed by atoms with Crippen molar-refractivity contribution in [1.29, 1.82) is 0 Å². The largest absolute Gasteiger partial charge is 0.496 e. The van der Waals surface area contributed by atoms with Crippen LogP contribution in [0.1, 0.15) is 30.9 Å². The lowest BCUT2D eigenvalue weighted by Crippen LogP contribution is -2.47. The van der Waals surface area contributed by atoms with Gasteiger partial charge in [-0.1, -0.05) is 13.0 Å². The summed E-state index contributed by atoms with van der Waals surface area (Å²) in [6, 6.07) is 2.34. The van der Waals surface area contributed by atoms with Gasteiger partial charge in [0.25, 0.3) is 0 Å². The highest BCUT2D eigenvalue weighted by atomic mass is 19.4. The topological polar surface area (TPSA) is 55.8 Å². The minimum Gasteiger partial charge on any atom is -0.496 e. The Labute approximate surface area is 136 Å². The Balaban J connectivity index is 2.64. The van der Waals surface area contributed by atoms with Crippen LogP contribution >= 0.6 is 0 Å². The summed E-state index contributed by atoms with van der Waals surface area (Å²) in [5.41, 5.74) is -2.34. The fourth-order valence-electron chi connectivity index (χ4n) is 3.23. The van der Waals surface area contributed by atoms with Gasteiger partial charge in [0.05, 0.1) is 7.11 Å². The van der Waals surface area contributed by atoms with E-state index in [0.29, 0.717) is 0 Å². The zero-order valence-corrected chi connectivity index (χ0v) is 13.6. The number of carboxylic acids is 1. The minimum absolute atomic E-state index is 0.0353. The second kappa shape index (κ2) is 5.91.